The third-order valence-electron chi connectivity index (χ3n) is 1.48. The van der Waals surface area contributed by atoms with E-state index in [1.54, 1.807) is 6.20 Å². The zero-order valence-electron chi connectivity index (χ0n) is 9.46. The number of aryl methyl sites for hydroxylation is 1. The number of ether oxygens (including phenoxy) is 1. The summed E-state index contributed by atoms with van der Waals surface area (Å²) in [7, 11) is 0. The molecule has 0 saturated heterocycles. The predicted octanol–water partition coefficient (Wildman–Crippen LogP) is 3.05. The van der Waals surface area contributed by atoms with Gasteiger partial charge in [-0.25, -0.2) is 9.78 Å². The number of hydrogen-bond acceptors (Lipinski definition) is 4. The third kappa shape index (κ3) is 4.29. The van der Waals surface area contributed by atoms with Crippen LogP contribution in [-0.2, 0) is 11.2 Å². The number of anilines is 1. The first-order valence-corrected chi connectivity index (χ1v) is 5.67. The molecule has 84 valence electrons. The number of nitrogens with one attached hydrogen (secondary N) is 1. The number of thiazole rings is 1. The Kier molecular flexibility index (Phi) is 3.68. The molecule has 1 N–H and O–H groups in total. The molecule has 0 fully saturated rings. The number of carbonyl (C=O) groups is 1. The zero-order valence-corrected chi connectivity index (χ0v) is 10.3. The van der Waals surface area contributed by atoms with E-state index in [0.29, 0.717) is 0 Å². The highest BCUT2D eigenvalue weighted by Gasteiger charge is 2.16. The van der Waals surface area contributed by atoms with Crippen LogP contribution in [0.3, 0.4) is 0 Å². The number of rotatable bonds is 2. The number of aromatic nitrogens is 1. The summed E-state index contributed by atoms with van der Waals surface area (Å²) in [6, 6.07) is 0. The number of carbonyl (C=O) groups excluding carboxylic acids is 1. The maximum atomic E-state index is 11.4. The maximum absolute atomic E-state index is 11.4. The fourth-order valence-electron chi connectivity index (χ4n) is 0.936. The molecule has 0 aliphatic heterocycles. The molecule has 1 aromatic rings. The van der Waals surface area contributed by atoms with Gasteiger partial charge in [0.2, 0.25) is 0 Å². The van der Waals surface area contributed by atoms with Gasteiger partial charge in [0.15, 0.2) is 0 Å². The van der Waals surface area contributed by atoms with E-state index in [4.69, 9.17) is 4.74 Å². The second-order valence-corrected chi connectivity index (χ2v) is 5.21. The predicted molar refractivity (Wildman–Crippen MR) is 61.3 cm³/mol. The molecule has 5 heteroatoms. The van der Waals surface area contributed by atoms with E-state index < -0.39 is 11.7 Å². The first-order valence-electron chi connectivity index (χ1n) is 4.85. The van der Waals surface area contributed by atoms with Crippen LogP contribution in [0, 0.1) is 0 Å². The van der Waals surface area contributed by atoms with Crippen molar-refractivity contribution >= 4 is 22.4 Å². The van der Waals surface area contributed by atoms with Crippen LogP contribution in [0.5, 0.6) is 0 Å². The summed E-state index contributed by atoms with van der Waals surface area (Å²) >= 11 is 1.46. The van der Waals surface area contributed by atoms with Gasteiger partial charge in [-0.1, -0.05) is 6.92 Å². The number of nitrogens with zero attached hydrogens (tertiary/aromatic N) is 1. The average Bonchev–Trinajstić information content (AvgIpc) is 2.48. The summed E-state index contributed by atoms with van der Waals surface area (Å²) in [4.78, 5) is 15.5. The Bertz CT molecular complexity index is 341. The van der Waals surface area contributed by atoms with E-state index in [1.165, 1.54) is 11.3 Å². The normalized spacial score (nSPS) is 11.2. The lowest BCUT2D eigenvalue weighted by Gasteiger charge is -2.19. The van der Waals surface area contributed by atoms with E-state index in [9.17, 15) is 4.79 Å². The zero-order chi connectivity index (χ0) is 11.5. The second-order valence-electron chi connectivity index (χ2n) is 4.10. The fourth-order valence-corrected chi connectivity index (χ4v) is 1.68. The van der Waals surface area contributed by atoms with Crippen LogP contribution in [0.2, 0.25) is 0 Å². The van der Waals surface area contributed by atoms with Gasteiger partial charge in [0.25, 0.3) is 0 Å². The van der Waals surface area contributed by atoms with E-state index in [0.717, 1.165) is 16.4 Å². The molecule has 0 aliphatic rings. The summed E-state index contributed by atoms with van der Waals surface area (Å²) in [6.07, 6.45) is 2.09. The number of amides is 1. The van der Waals surface area contributed by atoms with Gasteiger partial charge in [-0.3, -0.25) is 5.32 Å². The van der Waals surface area contributed by atoms with Gasteiger partial charge < -0.3 is 4.74 Å². The van der Waals surface area contributed by atoms with Crippen LogP contribution < -0.4 is 5.32 Å². The van der Waals surface area contributed by atoms with Gasteiger partial charge in [0.1, 0.15) is 10.6 Å². The van der Waals surface area contributed by atoms with Crippen molar-refractivity contribution in [3.8, 4) is 0 Å². The van der Waals surface area contributed by atoms with E-state index in [2.05, 4.69) is 10.3 Å². The lowest BCUT2D eigenvalue weighted by molar-refractivity contribution is 0.0636. The van der Waals surface area contributed by atoms with Crippen LogP contribution in [-0.4, -0.2) is 16.7 Å². The Labute approximate surface area is 93.7 Å². The monoisotopic (exact) mass is 228 g/mol. The van der Waals surface area contributed by atoms with Crippen molar-refractivity contribution in [2.75, 3.05) is 5.32 Å². The molecule has 0 spiro atoms. The van der Waals surface area contributed by atoms with Gasteiger partial charge in [0.05, 0.1) is 11.2 Å². The highest BCUT2D eigenvalue weighted by atomic mass is 32.1. The summed E-state index contributed by atoms with van der Waals surface area (Å²) in [5.74, 6) is 0. The van der Waals surface area contributed by atoms with Crippen LogP contribution >= 0.6 is 11.3 Å². The third-order valence-corrected chi connectivity index (χ3v) is 2.54. The molecule has 1 amide bonds. The van der Waals surface area contributed by atoms with Crippen LogP contribution in [0.1, 0.15) is 32.7 Å². The molecule has 1 heterocycles. The lowest BCUT2D eigenvalue weighted by Crippen LogP contribution is -2.26. The average molecular weight is 228 g/mol. The summed E-state index contributed by atoms with van der Waals surface area (Å²) in [5, 5.41) is 4.37. The molecule has 0 aromatic carbocycles. The van der Waals surface area contributed by atoms with Gasteiger partial charge in [-0.15, -0.1) is 11.3 Å². The maximum Gasteiger partial charge on any atom is 0.412 e. The van der Waals surface area contributed by atoms with Gasteiger partial charge in [-0.05, 0) is 27.2 Å². The minimum absolute atomic E-state index is 0.436. The summed E-state index contributed by atoms with van der Waals surface area (Å²) in [6.45, 7) is 7.51. The standard InChI is InChI=1S/C10H16N2O2S/c1-5-7-11-6-8(15-7)12-9(13)14-10(2,3)4/h6H,5H2,1-4H3,(H,12,13). The molecule has 0 aliphatic carbocycles. The molecule has 1 aromatic heterocycles. The molecule has 0 radical (unpaired) electrons. The van der Waals surface area contributed by atoms with Crippen LogP contribution in [0.4, 0.5) is 9.80 Å². The molecular weight excluding hydrogens is 212 g/mol. The lowest BCUT2D eigenvalue weighted by atomic mass is 10.2. The Balaban J connectivity index is 2.51. The van der Waals surface area contributed by atoms with Crippen LogP contribution in [0.15, 0.2) is 6.20 Å². The Morgan fingerprint density at radius 1 is 1.60 bits per heavy atom. The van der Waals surface area contributed by atoms with Gasteiger partial charge in [-0.2, -0.15) is 0 Å². The van der Waals surface area contributed by atoms with Crippen molar-refractivity contribution < 1.29 is 9.53 Å². The molecule has 0 unspecified atom stereocenters. The van der Waals surface area contributed by atoms with Crippen molar-refractivity contribution in [3.63, 3.8) is 0 Å². The largest absolute Gasteiger partial charge is 0.444 e. The van der Waals surface area contributed by atoms with Crippen molar-refractivity contribution in [1.29, 1.82) is 0 Å². The van der Waals surface area contributed by atoms with Crippen molar-refractivity contribution in [3.05, 3.63) is 11.2 Å². The van der Waals surface area contributed by atoms with Gasteiger partial charge in [0, 0.05) is 0 Å². The van der Waals surface area contributed by atoms with Crippen molar-refractivity contribution in [2.24, 2.45) is 0 Å². The highest BCUT2D eigenvalue weighted by Crippen LogP contribution is 2.19. The second kappa shape index (κ2) is 4.61. The molecule has 0 bridgehead atoms. The topological polar surface area (TPSA) is 51.2 Å². The minimum Gasteiger partial charge on any atom is -0.444 e. The first kappa shape index (κ1) is 12.0. The molecular formula is C10H16N2O2S. The van der Waals surface area contributed by atoms with E-state index in [1.807, 2.05) is 27.7 Å². The molecule has 0 atom stereocenters. The van der Waals surface area contributed by atoms with Crippen molar-refractivity contribution in [2.45, 2.75) is 39.7 Å². The Morgan fingerprint density at radius 2 is 2.27 bits per heavy atom. The van der Waals surface area contributed by atoms with Crippen LogP contribution in [0.25, 0.3) is 0 Å². The first-order chi connectivity index (χ1) is 6.90. The molecule has 1 rings (SSSR count). The molecule has 4 nitrogen and oxygen atoms in total. The van der Waals surface area contributed by atoms with E-state index in [-0.39, 0.29) is 0 Å². The summed E-state index contributed by atoms with van der Waals surface area (Å²) in [5.41, 5.74) is -0.470. The SMILES string of the molecule is CCc1ncc(NC(=O)OC(C)(C)C)s1. The number of hydrogen-bond donors (Lipinski definition) is 1. The van der Waals surface area contributed by atoms with E-state index >= 15 is 0 Å². The van der Waals surface area contributed by atoms with Crippen molar-refractivity contribution in [1.82, 2.24) is 4.98 Å². The highest BCUT2D eigenvalue weighted by molar-refractivity contribution is 7.15. The Morgan fingerprint density at radius 3 is 2.73 bits per heavy atom. The molecule has 15 heavy (non-hydrogen) atoms. The smallest absolute Gasteiger partial charge is 0.412 e. The Hall–Kier alpha value is -1.10. The van der Waals surface area contributed by atoms with Gasteiger partial charge >= 0.3 is 6.09 Å². The summed E-state index contributed by atoms with van der Waals surface area (Å²) < 4.78 is 5.11. The minimum atomic E-state index is -0.470. The molecule has 0 saturated carbocycles. The fraction of sp³-hybridized carbons (Fsp3) is 0.600. The quantitative estimate of drug-likeness (QED) is 0.846.